The lowest BCUT2D eigenvalue weighted by Gasteiger charge is -2.10. The van der Waals surface area contributed by atoms with E-state index in [0.29, 0.717) is 31.9 Å². The van der Waals surface area contributed by atoms with Gasteiger partial charge in [0, 0.05) is 49.6 Å². The third-order valence-corrected chi connectivity index (χ3v) is 4.77. The molecule has 3 aromatic rings. The number of carbonyl (C=O) groups excluding carboxylic acids is 1. The minimum atomic E-state index is -0.273. The molecule has 0 saturated carbocycles. The number of aromatic nitrogens is 4. The number of amides is 1. The average molecular weight is 387 g/mol. The van der Waals surface area contributed by atoms with Gasteiger partial charge in [-0.05, 0) is 27.7 Å². The fraction of sp³-hybridized carbons (Fsp3) is 0.474. The van der Waals surface area contributed by atoms with Crippen LogP contribution in [0, 0.1) is 27.7 Å². The number of aryl methyl sites for hydroxylation is 4. The standard InChI is InChI=1S/C19H25N5O4/c1-11-9-21-17(10-26-5)24(11)7-6-20-19(25)18-16(14(4)28-23-18)8-15-12(2)22-27-13(15)3/h9H,6-8,10H2,1-5H3,(H,20,25). The molecule has 0 bridgehead atoms. The molecule has 0 aromatic carbocycles. The second-order valence-corrected chi connectivity index (χ2v) is 6.70. The molecule has 0 saturated heterocycles. The summed E-state index contributed by atoms with van der Waals surface area (Å²) in [7, 11) is 1.63. The van der Waals surface area contributed by atoms with E-state index in [4.69, 9.17) is 13.8 Å². The highest BCUT2D eigenvalue weighted by Gasteiger charge is 2.22. The van der Waals surface area contributed by atoms with Crippen molar-refractivity contribution in [2.24, 2.45) is 0 Å². The van der Waals surface area contributed by atoms with Gasteiger partial charge in [0.15, 0.2) is 5.69 Å². The van der Waals surface area contributed by atoms with Crippen LogP contribution in [0.3, 0.4) is 0 Å². The van der Waals surface area contributed by atoms with Crippen molar-refractivity contribution in [2.75, 3.05) is 13.7 Å². The van der Waals surface area contributed by atoms with Gasteiger partial charge in [0.05, 0.1) is 5.69 Å². The molecule has 0 atom stereocenters. The molecule has 9 heteroatoms. The fourth-order valence-corrected chi connectivity index (χ4v) is 3.13. The molecule has 3 aromatic heterocycles. The summed E-state index contributed by atoms with van der Waals surface area (Å²) in [5.74, 6) is 1.89. The van der Waals surface area contributed by atoms with Crippen LogP contribution in [0.25, 0.3) is 0 Å². The minimum Gasteiger partial charge on any atom is -0.377 e. The lowest BCUT2D eigenvalue weighted by Crippen LogP contribution is -2.29. The molecule has 0 spiro atoms. The van der Waals surface area contributed by atoms with Gasteiger partial charge in [0.25, 0.3) is 5.91 Å². The highest BCUT2D eigenvalue weighted by atomic mass is 16.5. The van der Waals surface area contributed by atoms with Gasteiger partial charge >= 0.3 is 0 Å². The summed E-state index contributed by atoms with van der Waals surface area (Å²) in [5.41, 5.74) is 3.78. The molecule has 1 amide bonds. The molecule has 3 rings (SSSR count). The zero-order valence-corrected chi connectivity index (χ0v) is 16.8. The Morgan fingerprint density at radius 2 is 1.86 bits per heavy atom. The number of methoxy groups -OCH3 is 1. The third-order valence-electron chi connectivity index (χ3n) is 4.77. The van der Waals surface area contributed by atoms with Gasteiger partial charge in [0.2, 0.25) is 0 Å². The lowest BCUT2D eigenvalue weighted by atomic mass is 10.0. The first-order valence-corrected chi connectivity index (χ1v) is 9.07. The zero-order chi connectivity index (χ0) is 20.3. The van der Waals surface area contributed by atoms with Gasteiger partial charge in [0.1, 0.15) is 24.0 Å². The lowest BCUT2D eigenvalue weighted by molar-refractivity contribution is 0.0942. The first kappa shape index (κ1) is 19.8. The Morgan fingerprint density at radius 3 is 2.54 bits per heavy atom. The number of hydrogen-bond donors (Lipinski definition) is 1. The SMILES string of the molecule is COCc1ncc(C)n1CCNC(=O)c1noc(C)c1Cc1c(C)noc1C. The number of hydrogen-bond acceptors (Lipinski definition) is 7. The Hall–Kier alpha value is -2.94. The zero-order valence-electron chi connectivity index (χ0n) is 16.8. The first-order chi connectivity index (χ1) is 13.4. The van der Waals surface area contributed by atoms with Gasteiger partial charge < -0.3 is 23.7 Å². The third kappa shape index (κ3) is 3.99. The van der Waals surface area contributed by atoms with E-state index in [-0.39, 0.29) is 11.6 Å². The van der Waals surface area contributed by atoms with Crippen molar-refractivity contribution in [3.8, 4) is 0 Å². The Kier molecular flexibility index (Phi) is 5.93. The van der Waals surface area contributed by atoms with Crippen LogP contribution in [0.1, 0.15) is 50.3 Å². The summed E-state index contributed by atoms with van der Waals surface area (Å²) in [6, 6.07) is 0. The smallest absolute Gasteiger partial charge is 0.273 e. The Morgan fingerprint density at radius 1 is 1.14 bits per heavy atom. The Labute approximate surface area is 163 Å². The number of nitrogens with one attached hydrogen (secondary N) is 1. The summed E-state index contributed by atoms with van der Waals surface area (Å²) >= 11 is 0. The Bertz CT molecular complexity index is 950. The van der Waals surface area contributed by atoms with Crippen LogP contribution in [0.4, 0.5) is 0 Å². The normalized spacial score (nSPS) is 11.2. The van der Waals surface area contributed by atoms with Crippen LogP contribution >= 0.6 is 0 Å². The number of ether oxygens (including phenoxy) is 1. The molecule has 0 unspecified atom stereocenters. The van der Waals surface area contributed by atoms with Crippen LogP contribution in [0.5, 0.6) is 0 Å². The maximum Gasteiger partial charge on any atom is 0.273 e. The number of rotatable bonds is 8. The number of carbonyl (C=O) groups is 1. The van der Waals surface area contributed by atoms with Crippen LogP contribution in [0.15, 0.2) is 15.2 Å². The molecule has 0 radical (unpaired) electrons. The first-order valence-electron chi connectivity index (χ1n) is 9.07. The van der Waals surface area contributed by atoms with E-state index in [1.54, 1.807) is 20.2 Å². The molecule has 150 valence electrons. The number of imidazole rings is 1. The molecule has 0 aliphatic heterocycles. The van der Waals surface area contributed by atoms with Gasteiger partial charge in [-0.15, -0.1) is 0 Å². The summed E-state index contributed by atoms with van der Waals surface area (Å²) in [6.45, 7) is 8.93. The van der Waals surface area contributed by atoms with Gasteiger partial charge in [-0.3, -0.25) is 4.79 Å². The van der Waals surface area contributed by atoms with E-state index in [0.717, 1.165) is 34.1 Å². The van der Waals surface area contributed by atoms with Gasteiger partial charge in [-0.25, -0.2) is 4.98 Å². The van der Waals surface area contributed by atoms with Crippen molar-refractivity contribution < 1.29 is 18.6 Å². The molecular formula is C19H25N5O4. The van der Waals surface area contributed by atoms with Gasteiger partial charge in [-0.1, -0.05) is 10.3 Å². The molecule has 9 nitrogen and oxygen atoms in total. The summed E-state index contributed by atoms with van der Waals surface area (Å²) in [4.78, 5) is 17.0. The Balaban J connectivity index is 1.68. The highest BCUT2D eigenvalue weighted by molar-refractivity contribution is 5.93. The predicted octanol–water partition coefficient (Wildman–Crippen LogP) is 2.26. The molecule has 1 N–H and O–H groups in total. The molecule has 3 heterocycles. The van der Waals surface area contributed by atoms with Crippen molar-refractivity contribution in [2.45, 2.75) is 47.3 Å². The van der Waals surface area contributed by atoms with Crippen molar-refractivity contribution in [1.82, 2.24) is 25.2 Å². The highest BCUT2D eigenvalue weighted by Crippen LogP contribution is 2.22. The van der Waals surface area contributed by atoms with Crippen molar-refractivity contribution in [1.29, 1.82) is 0 Å². The van der Waals surface area contributed by atoms with E-state index in [9.17, 15) is 4.79 Å². The van der Waals surface area contributed by atoms with Crippen LogP contribution < -0.4 is 5.32 Å². The van der Waals surface area contributed by atoms with Crippen LogP contribution in [0.2, 0.25) is 0 Å². The quantitative estimate of drug-likeness (QED) is 0.631. The van der Waals surface area contributed by atoms with Crippen molar-refractivity contribution >= 4 is 5.91 Å². The average Bonchev–Trinajstić information content (AvgIpc) is 3.30. The second-order valence-electron chi connectivity index (χ2n) is 6.70. The van der Waals surface area contributed by atoms with E-state index < -0.39 is 0 Å². The second kappa shape index (κ2) is 8.39. The molecule has 28 heavy (non-hydrogen) atoms. The summed E-state index contributed by atoms with van der Waals surface area (Å²) in [5, 5.41) is 10.8. The summed E-state index contributed by atoms with van der Waals surface area (Å²) < 4.78 is 17.7. The number of nitrogens with zero attached hydrogens (tertiary/aromatic N) is 4. The maximum absolute atomic E-state index is 12.7. The fourth-order valence-electron chi connectivity index (χ4n) is 3.13. The van der Waals surface area contributed by atoms with E-state index in [1.807, 2.05) is 25.3 Å². The topological polar surface area (TPSA) is 108 Å². The largest absolute Gasteiger partial charge is 0.377 e. The van der Waals surface area contributed by atoms with Crippen LogP contribution in [-0.2, 0) is 24.3 Å². The van der Waals surface area contributed by atoms with E-state index in [2.05, 4.69) is 20.6 Å². The minimum absolute atomic E-state index is 0.273. The van der Waals surface area contributed by atoms with E-state index in [1.165, 1.54) is 0 Å². The molecule has 0 fully saturated rings. The maximum atomic E-state index is 12.7. The van der Waals surface area contributed by atoms with Crippen LogP contribution in [-0.4, -0.2) is 39.4 Å². The van der Waals surface area contributed by atoms with Crippen molar-refractivity contribution in [3.63, 3.8) is 0 Å². The van der Waals surface area contributed by atoms with E-state index >= 15 is 0 Å². The van der Waals surface area contributed by atoms with Crippen molar-refractivity contribution in [3.05, 3.63) is 51.8 Å². The summed E-state index contributed by atoms with van der Waals surface area (Å²) in [6.07, 6.45) is 2.27. The monoisotopic (exact) mass is 387 g/mol. The predicted molar refractivity (Wildman–Crippen MR) is 100 cm³/mol. The molecular weight excluding hydrogens is 362 g/mol. The molecule has 0 aliphatic rings. The molecule has 0 aliphatic carbocycles. The van der Waals surface area contributed by atoms with Gasteiger partial charge in [-0.2, -0.15) is 0 Å².